The zero-order valence-corrected chi connectivity index (χ0v) is 15.8. The van der Waals surface area contributed by atoms with Crippen LogP contribution in [0.25, 0.3) is 0 Å². The summed E-state index contributed by atoms with van der Waals surface area (Å²) in [5.74, 6) is 0.133. The van der Waals surface area contributed by atoms with Gasteiger partial charge in [-0.05, 0) is 38.3 Å². The molecule has 0 N–H and O–H groups in total. The van der Waals surface area contributed by atoms with Crippen LogP contribution in [0.1, 0.15) is 44.7 Å². The van der Waals surface area contributed by atoms with Gasteiger partial charge in [0.15, 0.2) is 0 Å². The van der Waals surface area contributed by atoms with Gasteiger partial charge in [0.05, 0.1) is 12.2 Å². The summed E-state index contributed by atoms with van der Waals surface area (Å²) < 4.78 is 0. The van der Waals surface area contributed by atoms with Crippen LogP contribution in [0.15, 0.2) is 24.4 Å². The second kappa shape index (κ2) is 6.94. The maximum atomic E-state index is 13.1. The predicted molar refractivity (Wildman–Crippen MR) is 98.4 cm³/mol. The lowest BCUT2D eigenvalue weighted by molar-refractivity contribution is -0.136. The highest BCUT2D eigenvalue weighted by atomic mass is 16.2. The summed E-state index contributed by atoms with van der Waals surface area (Å²) in [6, 6.07) is 5.19. The van der Waals surface area contributed by atoms with Gasteiger partial charge in [-0.2, -0.15) is 0 Å². The van der Waals surface area contributed by atoms with E-state index in [0.717, 1.165) is 25.7 Å². The monoisotopic (exact) mass is 370 g/mol. The van der Waals surface area contributed by atoms with E-state index in [9.17, 15) is 14.4 Å². The molecule has 1 atom stereocenters. The number of imide groups is 1. The summed E-state index contributed by atoms with van der Waals surface area (Å²) in [7, 11) is 0. The largest absolute Gasteiger partial charge is 0.341 e. The molecular weight excluding hydrogens is 344 g/mol. The minimum atomic E-state index is -0.878. The van der Waals surface area contributed by atoms with Crippen LogP contribution in [0.3, 0.4) is 0 Å². The number of pyridine rings is 1. The fraction of sp³-hybridized carbons (Fsp3) is 0.600. The fourth-order valence-corrected chi connectivity index (χ4v) is 4.56. The van der Waals surface area contributed by atoms with Crippen LogP contribution < -0.4 is 0 Å². The maximum absolute atomic E-state index is 13.1. The molecule has 27 heavy (non-hydrogen) atoms. The summed E-state index contributed by atoms with van der Waals surface area (Å²) in [6.07, 6.45) is 6.31. The van der Waals surface area contributed by atoms with Gasteiger partial charge < -0.3 is 9.80 Å². The van der Waals surface area contributed by atoms with E-state index in [4.69, 9.17) is 0 Å². The van der Waals surface area contributed by atoms with E-state index in [-0.39, 0.29) is 30.3 Å². The smallest absolute Gasteiger partial charge is 0.328 e. The van der Waals surface area contributed by atoms with Crippen molar-refractivity contribution in [2.45, 2.75) is 51.1 Å². The van der Waals surface area contributed by atoms with Crippen molar-refractivity contribution in [3.05, 3.63) is 30.1 Å². The average Bonchev–Trinajstić information content (AvgIpc) is 3.22. The van der Waals surface area contributed by atoms with Gasteiger partial charge in [0, 0.05) is 31.7 Å². The van der Waals surface area contributed by atoms with E-state index in [1.54, 1.807) is 11.1 Å². The normalized spacial score (nSPS) is 26.5. The van der Waals surface area contributed by atoms with Gasteiger partial charge in [0.1, 0.15) is 5.54 Å². The van der Waals surface area contributed by atoms with Crippen LogP contribution in [0.5, 0.6) is 0 Å². The van der Waals surface area contributed by atoms with E-state index in [1.165, 1.54) is 4.90 Å². The van der Waals surface area contributed by atoms with Crippen LogP contribution in [-0.2, 0) is 16.1 Å². The lowest BCUT2D eigenvalue weighted by Crippen LogP contribution is -2.47. The summed E-state index contributed by atoms with van der Waals surface area (Å²) in [5.41, 5.74) is -0.185. The third-order valence-electron chi connectivity index (χ3n) is 6.29. The first kappa shape index (κ1) is 17.9. The molecule has 1 aromatic heterocycles. The van der Waals surface area contributed by atoms with Gasteiger partial charge in [0.25, 0.3) is 5.91 Å². The number of amides is 4. The Labute approximate surface area is 159 Å². The van der Waals surface area contributed by atoms with Crippen molar-refractivity contribution >= 4 is 17.8 Å². The first-order valence-electron chi connectivity index (χ1n) is 9.83. The predicted octanol–water partition coefficient (Wildman–Crippen LogP) is 2.03. The molecule has 0 spiro atoms. The third kappa shape index (κ3) is 3.09. The maximum Gasteiger partial charge on any atom is 0.328 e. The van der Waals surface area contributed by atoms with Gasteiger partial charge >= 0.3 is 6.03 Å². The number of carbonyl (C=O) groups excluding carboxylic acids is 3. The average molecular weight is 370 g/mol. The van der Waals surface area contributed by atoms with Crippen LogP contribution >= 0.6 is 0 Å². The lowest BCUT2D eigenvalue weighted by Gasteiger charge is -2.28. The van der Waals surface area contributed by atoms with Gasteiger partial charge in [0.2, 0.25) is 5.91 Å². The van der Waals surface area contributed by atoms with Crippen molar-refractivity contribution in [1.29, 1.82) is 0 Å². The molecule has 3 heterocycles. The van der Waals surface area contributed by atoms with Crippen LogP contribution in [0, 0.1) is 5.92 Å². The van der Waals surface area contributed by atoms with Crippen LogP contribution in [0.4, 0.5) is 4.79 Å². The molecule has 0 radical (unpaired) electrons. The molecule has 2 saturated heterocycles. The topological polar surface area (TPSA) is 73.8 Å². The van der Waals surface area contributed by atoms with Crippen molar-refractivity contribution in [3.8, 4) is 0 Å². The molecule has 3 aliphatic rings. The Balaban J connectivity index is 1.49. The second-order valence-electron chi connectivity index (χ2n) is 7.98. The molecular formula is C20H26N4O3. The standard InChI is InChI=1S/C20H26N4O3/c1-20-9-11-22(17(25)15-6-2-3-7-15)12-13-24(20)19(27)23(18(20)26)14-16-8-4-5-10-21-16/h4-5,8,10,15H,2-3,6-7,9,11-14H2,1H3. The Kier molecular flexibility index (Phi) is 4.61. The molecule has 1 aliphatic carbocycles. The zero-order chi connectivity index (χ0) is 19.0. The number of rotatable bonds is 3. The Morgan fingerprint density at radius 3 is 2.67 bits per heavy atom. The summed E-state index contributed by atoms with van der Waals surface area (Å²) in [5, 5.41) is 0. The van der Waals surface area contributed by atoms with Crippen molar-refractivity contribution in [2.75, 3.05) is 19.6 Å². The fourth-order valence-electron chi connectivity index (χ4n) is 4.56. The molecule has 1 aromatic rings. The van der Waals surface area contributed by atoms with Crippen molar-refractivity contribution in [2.24, 2.45) is 5.92 Å². The Morgan fingerprint density at radius 2 is 1.96 bits per heavy atom. The minimum Gasteiger partial charge on any atom is -0.341 e. The SMILES string of the molecule is CC12CCN(C(=O)C3CCCC3)CCN1C(=O)N(Cc1ccccn1)C2=O. The second-order valence-corrected chi connectivity index (χ2v) is 7.98. The number of hydrogen-bond donors (Lipinski definition) is 0. The van der Waals surface area contributed by atoms with Crippen molar-refractivity contribution in [1.82, 2.24) is 19.7 Å². The number of hydrogen-bond acceptors (Lipinski definition) is 4. The number of nitrogens with zero attached hydrogens (tertiary/aromatic N) is 4. The molecule has 4 amide bonds. The van der Waals surface area contributed by atoms with Crippen LogP contribution in [-0.4, -0.2) is 62.7 Å². The van der Waals surface area contributed by atoms with Gasteiger partial charge in [-0.25, -0.2) is 4.79 Å². The molecule has 0 bridgehead atoms. The Morgan fingerprint density at radius 1 is 1.19 bits per heavy atom. The van der Waals surface area contributed by atoms with Crippen molar-refractivity contribution < 1.29 is 14.4 Å². The molecule has 1 saturated carbocycles. The Bertz CT molecular complexity index is 747. The lowest BCUT2D eigenvalue weighted by atomic mass is 9.96. The zero-order valence-electron chi connectivity index (χ0n) is 15.8. The van der Waals surface area contributed by atoms with E-state index in [2.05, 4.69) is 4.98 Å². The van der Waals surface area contributed by atoms with E-state index in [0.29, 0.717) is 31.7 Å². The molecule has 7 nitrogen and oxygen atoms in total. The first-order valence-corrected chi connectivity index (χ1v) is 9.83. The first-order chi connectivity index (χ1) is 13.0. The molecule has 3 fully saturated rings. The van der Waals surface area contributed by atoms with Gasteiger partial charge in [-0.3, -0.25) is 19.5 Å². The molecule has 0 aromatic carbocycles. The summed E-state index contributed by atoms with van der Waals surface area (Å²) in [6.45, 7) is 3.45. The number of fused-ring (bicyclic) bond motifs is 1. The molecule has 2 aliphatic heterocycles. The molecule has 144 valence electrons. The quantitative estimate of drug-likeness (QED) is 0.763. The van der Waals surface area contributed by atoms with E-state index >= 15 is 0 Å². The van der Waals surface area contributed by atoms with Crippen LogP contribution in [0.2, 0.25) is 0 Å². The number of urea groups is 1. The molecule has 1 unspecified atom stereocenters. The minimum absolute atomic E-state index is 0.123. The number of aromatic nitrogens is 1. The summed E-state index contributed by atoms with van der Waals surface area (Å²) >= 11 is 0. The van der Waals surface area contributed by atoms with Crippen molar-refractivity contribution in [3.63, 3.8) is 0 Å². The highest BCUT2D eigenvalue weighted by molar-refractivity contribution is 6.06. The van der Waals surface area contributed by atoms with Gasteiger partial charge in [-0.15, -0.1) is 0 Å². The third-order valence-corrected chi connectivity index (χ3v) is 6.29. The van der Waals surface area contributed by atoms with E-state index < -0.39 is 5.54 Å². The Hall–Kier alpha value is -2.44. The highest BCUT2D eigenvalue weighted by Crippen LogP contribution is 2.35. The molecule has 4 rings (SSSR count). The molecule has 7 heteroatoms. The number of carbonyl (C=O) groups is 3. The van der Waals surface area contributed by atoms with E-state index in [1.807, 2.05) is 30.0 Å². The summed E-state index contributed by atoms with van der Waals surface area (Å²) in [4.78, 5) is 47.9. The van der Waals surface area contributed by atoms with Gasteiger partial charge in [-0.1, -0.05) is 18.9 Å². The highest BCUT2D eigenvalue weighted by Gasteiger charge is 2.55.